The van der Waals surface area contributed by atoms with Gasteiger partial charge in [0.15, 0.2) is 11.5 Å². The number of hydrogen-bond acceptors (Lipinski definition) is 5. The summed E-state index contributed by atoms with van der Waals surface area (Å²) >= 11 is 0. The molecule has 0 spiro atoms. The quantitative estimate of drug-likeness (QED) is 0.727. The van der Waals surface area contributed by atoms with Gasteiger partial charge in [-0.1, -0.05) is 12.2 Å². The van der Waals surface area contributed by atoms with Crippen LogP contribution in [0.5, 0.6) is 11.5 Å². The number of fused-ring (bicyclic) bond motifs is 2. The normalized spacial score (nSPS) is 21.9. The van der Waals surface area contributed by atoms with Crippen LogP contribution in [-0.4, -0.2) is 36.5 Å². The molecule has 1 N–H and O–H groups in total. The van der Waals surface area contributed by atoms with Crippen molar-refractivity contribution in [3.05, 3.63) is 52.8 Å². The number of benzene rings is 1. The van der Waals surface area contributed by atoms with Gasteiger partial charge in [-0.2, -0.15) is 5.10 Å². The van der Waals surface area contributed by atoms with E-state index in [0.29, 0.717) is 41.5 Å². The Bertz CT molecular complexity index is 998. The number of ether oxygens (including phenoxy) is 2. The highest BCUT2D eigenvalue weighted by Gasteiger charge is 2.35. The molecule has 2 aliphatic rings. The minimum atomic E-state index is -0.313. The van der Waals surface area contributed by atoms with Crippen LogP contribution >= 0.6 is 0 Å². The number of nitrogens with one attached hydrogen (secondary N) is 1. The summed E-state index contributed by atoms with van der Waals surface area (Å²) in [5, 5.41) is 7.34. The lowest BCUT2D eigenvalue weighted by atomic mass is 9.94. The van der Waals surface area contributed by atoms with Gasteiger partial charge in [0.2, 0.25) is 5.91 Å². The second-order valence-corrected chi connectivity index (χ2v) is 7.63. The molecule has 7 heteroatoms. The fourth-order valence-corrected chi connectivity index (χ4v) is 4.28. The van der Waals surface area contributed by atoms with Crippen molar-refractivity contribution >= 4 is 5.91 Å². The van der Waals surface area contributed by atoms with Crippen molar-refractivity contribution in [2.75, 3.05) is 20.8 Å². The van der Waals surface area contributed by atoms with Crippen LogP contribution in [0, 0.1) is 17.8 Å². The molecule has 0 radical (unpaired) electrons. The number of hydrogen-bond donors (Lipinski definition) is 1. The van der Waals surface area contributed by atoms with Crippen molar-refractivity contribution in [3.8, 4) is 22.8 Å². The van der Waals surface area contributed by atoms with Crippen LogP contribution in [0.3, 0.4) is 0 Å². The molecule has 0 aliphatic heterocycles. The monoisotopic (exact) mass is 395 g/mol. The molecule has 29 heavy (non-hydrogen) atoms. The summed E-state index contributed by atoms with van der Waals surface area (Å²) in [5.74, 6) is 2.73. The molecule has 2 aromatic rings. The van der Waals surface area contributed by atoms with Gasteiger partial charge in [0.05, 0.1) is 19.9 Å². The highest BCUT2D eigenvalue weighted by atomic mass is 16.5. The number of methoxy groups -OCH3 is 2. The third kappa shape index (κ3) is 4.04. The molecule has 1 heterocycles. The van der Waals surface area contributed by atoms with Crippen molar-refractivity contribution in [2.24, 2.45) is 17.8 Å². The van der Waals surface area contributed by atoms with Crippen LogP contribution in [0.25, 0.3) is 11.3 Å². The van der Waals surface area contributed by atoms with Crippen LogP contribution in [-0.2, 0) is 11.3 Å². The lowest BCUT2D eigenvalue weighted by Gasteiger charge is -2.18. The molecule has 3 atom stereocenters. The zero-order valence-electron chi connectivity index (χ0n) is 16.6. The van der Waals surface area contributed by atoms with E-state index in [9.17, 15) is 9.59 Å². The molecule has 1 aromatic carbocycles. The van der Waals surface area contributed by atoms with E-state index in [4.69, 9.17) is 9.47 Å². The Morgan fingerprint density at radius 1 is 1.14 bits per heavy atom. The van der Waals surface area contributed by atoms with Crippen molar-refractivity contribution in [1.29, 1.82) is 0 Å². The Hall–Kier alpha value is -3.09. The van der Waals surface area contributed by atoms with Crippen molar-refractivity contribution in [1.82, 2.24) is 15.1 Å². The van der Waals surface area contributed by atoms with Gasteiger partial charge in [-0.15, -0.1) is 0 Å². The van der Waals surface area contributed by atoms with Gasteiger partial charge in [0.25, 0.3) is 5.56 Å². The van der Waals surface area contributed by atoms with Gasteiger partial charge in [-0.25, -0.2) is 4.68 Å². The summed E-state index contributed by atoms with van der Waals surface area (Å²) in [6.45, 7) is 0.547. The summed E-state index contributed by atoms with van der Waals surface area (Å²) < 4.78 is 11.8. The lowest BCUT2D eigenvalue weighted by Crippen LogP contribution is -2.36. The highest BCUT2D eigenvalue weighted by Crippen LogP contribution is 2.42. The van der Waals surface area contributed by atoms with E-state index in [-0.39, 0.29) is 18.0 Å². The van der Waals surface area contributed by atoms with Gasteiger partial charge >= 0.3 is 0 Å². The van der Waals surface area contributed by atoms with E-state index in [1.165, 1.54) is 17.2 Å². The Morgan fingerprint density at radius 3 is 2.66 bits per heavy atom. The zero-order chi connectivity index (χ0) is 20.4. The van der Waals surface area contributed by atoms with Crippen LogP contribution in [0.4, 0.5) is 0 Å². The molecular weight excluding hydrogens is 370 g/mol. The van der Waals surface area contributed by atoms with Gasteiger partial charge < -0.3 is 14.8 Å². The average Bonchev–Trinajstić information content (AvgIpc) is 3.36. The SMILES string of the molecule is COc1ccc(-c2ccc(=O)n(CC(=O)NC[C@H]3C[C@@H]4C=C[C@@H]3C4)n2)cc1OC. The van der Waals surface area contributed by atoms with E-state index < -0.39 is 0 Å². The zero-order valence-corrected chi connectivity index (χ0v) is 16.6. The molecule has 1 amide bonds. The largest absolute Gasteiger partial charge is 0.493 e. The molecule has 0 saturated heterocycles. The maximum absolute atomic E-state index is 12.4. The highest BCUT2D eigenvalue weighted by molar-refractivity contribution is 5.75. The smallest absolute Gasteiger partial charge is 0.267 e. The summed E-state index contributed by atoms with van der Waals surface area (Å²) in [7, 11) is 3.13. The maximum atomic E-state index is 12.4. The fraction of sp³-hybridized carbons (Fsp3) is 0.409. The summed E-state index contributed by atoms with van der Waals surface area (Å²) in [5.41, 5.74) is 1.04. The number of aromatic nitrogens is 2. The molecule has 2 aliphatic carbocycles. The van der Waals surface area contributed by atoms with E-state index in [1.807, 2.05) is 6.07 Å². The topological polar surface area (TPSA) is 82.5 Å². The number of rotatable bonds is 7. The summed E-state index contributed by atoms with van der Waals surface area (Å²) in [6.07, 6.45) is 6.89. The minimum Gasteiger partial charge on any atom is -0.493 e. The molecule has 2 bridgehead atoms. The van der Waals surface area contributed by atoms with Crippen LogP contribution < -0.4 is 20.3 Å². The Morgan fingerprint density at radius 2 is 1.97 bits per heavy atom. The van der Waals surface area contributed by atoms with Crippen LogP contribution in [0.1, 0.15) is 12.8 Å². The van der Waals surface area contributed by atoms with E-state index in [1.54, 1.807) is 32.4 Å². The van der Waals surface area contributed by atoms with Gasteiger partial charge in [-0.3, -0.25) is 9.59 Å². The third-order valence-electron chi connectivity index (χ3n) is 5.82. The molecule has 1 fully saturated rings. The van der Waals surface area contributed by atoms with Gasteiger partial charge in [0, 0.05) is 18.2 Å². The predicted molar refractivity (Wildman–Crippen MR) is 109 cm³/mol. The number of carbonyl (C=O) groups excluding carboxylic acids is 1. The molecule has 1 aromatic heterocycles. The standard InChI is InChI=1S/C22H25N3O4/c1-28-19-7-5-16(11-20(19)29-2)18-6-8-22(27)25(24-18)13-21(26)23-12-17-10-14-3-4-15(17)9-14/h3-8,11,14-15,17H,9-10,12-13H2,1-2H3,(H,23,26)/t14-,15-,17-/m1/s1. The Kier molecular flexibility index (Phi) is 5.38. The van der Waals surface area contributed by atoms with Gasteiger partial charge in [0.1, 0.15) is 6.54 Å². The fourth-order valence-electron chi connectivity index (χ4n) is 4.28. The lowest BCUT2D eigenvalue weighted by molar-refractivity contribution is -0.122. The minimum absolute atomic E-state index is 0.101. The first-order chi connectivity index (χ1) is 14.1. The number of allylic oxidation sites excluding steroid dienone is 2. The number of carbonyl (C=O) groups is 1. The van der Waals surface area contributed by atoms with Gasteiger partial charge in [-0.05, 0) is 54.9 Å². The molecule has 1 saturated carbocycles. The molecule has 152 valence electrons. The molecule has 0 unspecified atom stereocenters. The number of amides is 1. The van der Waals surface area contributed by atoms with Crippen molar-refractivity contribution in [2.45, 2.75) is 19.4 Å². The Labute approximate surface area is 169 Å². The average molecular weight is 395 g/mol. The third-order valence-corrected chi connectivity index (χ3v) is 5.82. The van der Waals surface area contributed by atoms with Crippen LogP contribution in [0.15, 0.2) is 47.3 Å². The Balaban J connectivity index is 1.45. The van der Waals surface area contributed by atoms with Crippen LogP contribution in [0.2, 0.25) is 0 Å². The van der Waals surface area contributed by atoms with E-state index in [0.717, 1.165) is 12.0 Å². The maximum Gasteiger partial charge on any atom is 0.267 e. The molecular formula is C22H25N3O4. The first kappa shape index (κ1) is 19.2. The molecule has 7 nitrogen and oxygen atoms in total. The van der Waals surface area contributed by atoms with E-state index >= 15 is 0 Å². The molecule has 4 rings (SSSR count). The predicted octanol–water partition coefficient (Wildman–Crippen LogP) is 2.26. The first-order valence-electron chi connectivity index (χ1n) is 9.83. The van der Waals surface area contributed by atoms with Crippen molar-refractivity contribution < 1.29 is 14.3 Å². The summed E-state index contributed by atoms with van der Waals surface area (Å²) in [4.78, 5) is 24.6. The first-order valence-corrected chi connectivity index (χ1v) is 9.83. The second kappa shape index (κ2) is 8.11. The van der Waals surface area contributed by atoms with E-state index in [2.05, 4.69) is 22.6 Å². The number of nitrogens with zero attached hydrogens (tertiary/aromatic N) is 2. The summed E-state index contributed by atoms with van der Waals surface area (Å²) in [6, 6.07) is 8.47. The second-order valence-electron chi connectivity index (χ2n) is 7.63. The van der Waals surface area contributed by atoms with Crippen molar-refractivity contribution in [3.63, 3.8) is 0 Å².